The monoisotopic (exact) mass is 342 g/mol. The fourth-order valence-corrected chi connectivity index (χ4v) is 2.95. The van der Waals surface area contributed by atoms with Crippen molar-refractivity contribution in [1.29, 1.82) is 0 Å². The van der Waals surface area contributed by atoms with Crippen LogP contribution in [0.25, 0.3) is 10.9 Å². The normalized spacial score (nSPS) is 10.7. The van der Waals surface area contributed by atoms with Crippen LogP contribution in [0.5, 0.6) is 0 Å². The summed E-state index contributed by atoms with van der Waals surface area (Å²) < 4.78 is 4.60. The average Bonchev–Trinajstić information content (AvgIpc) is 2.61. The van der Waals surface area contributed by atoms with Crippen molar-refractivity contribution in [3.05, 3.63) is 41.1 Å². The van der Waals surface area contributed by atoms with Gasteiger partial charge in [0, 0.05) is 24.0 Å². The number of nitrogens with one attached hydrogen (secondary N) is 1. The Kier molecular flexibility index (Phi) is 6.92. The molecule has 2 rings (SSSR count). The van der Waals surface area contributed by atoms with Crippen LogP contribution in [0.1, 0.15) is 42.5 Å². The summed E-state index contributed by atoms with van der Waals surface area (Å²) in [7, 11) is 1.40. The molecule has 0 radical (unpaired) electrons. The number of carbonyl (C=O) groups excluding carboxylic acids is 2. The Morgan fingerprint density at radius 2 is 1.88 bits per heavy atom. The van der Waals surface area contributed by atoms with E-state index in [4.69, 9.17) is 0 Å². The summed E-state index contributed by atoms with van der Waals surface area (Å²) in [6.07, 6.45) is 3.32. The van der Waals surface area contributed by atoms with Crippen LogP contribution >= 0.6 is 0 Å². The topological polar surface area (TPSA) is 68.3 Å². The molecule has 1 amide bonds. The van der Waals surface area contributed by atoms with E-state index in [1.165, 1.54) is 7.11 Å². The molecule has 2 aromatic rings. The van der Waals surface area contributed by atoms with E-state index in [0.717, 1.165) is 47.0 Å². The third-order valence-electron chi connectivity index (χ3n) is 4.43. The van der Waals surface area contributed by atoms with Gasteiger partial charge in [0.25, 0.3) is 0 Å². The van der Waals surface area contributed by atoms with Crippen LogP contribution in [-0.2, 0) is 20.7 Å². The van der Waals surface area contributed by atoms with Gasteiger partial charge >= 0.3 is 5.97 Å². The molecule has 0 saturated carbocycles. The fourth-order valence-electron chi connectivity index (χ4n) is 2.95. The third-order valence-corrected chi connectivity index (χ3v) is 4.43. The number of nitrogens with zero attached hydrogens (tertiary/aromatic N) is 1. The predicted molar refractivity (Wildman–Crippen MR) is 98.4 cm³/mol. The Bertz CT molecular complexity index is 756. The van der Waals surface area contributed by atoms with Crippen LogP contribution < -0.4 is 5.32 Å². The van der Waals surface area contributed by atoms with Crippen molar-refractivity contribution >= 4 is 22.8 Å². The minimum absolute atomic E-state index is 0.0104. The van der Waals surface area contributed by atoms with E-state index in [-0.39, 0.29) is 11.9 Å². The minimum Gasteiger partial charge on any atom is -0.469 e. The molecule has 5 heteroatoms. The molecule has 0 aliphatic carbocycles. The largest absolute Gasteiger partial charge is 0.469 e. The molecule has 0 saturated heterocycles. The lowest BCUT2D eigenvalue weighted by Gasteiger charge is -2.12. The Morgan fingerprint density at radius 3 is 2.64 bits per heavy atom. The first-order chi connectivity index (χ1) is 12.0. The predicted octanol–water partition coefficient (Wildman–Crippen LogP) is 3.24. The van der Waals surface area contributed by atoms with Gasteiger partial charge in [-0.15, -0.1) is 0 Å². The molecule has 1 aromatic heterocycles. The van der Waals surface area contributed by atoms with E-state index >= 15 is 0 Å². The number of benzene rings is 1. The first kappa shape index (κ1) is 18.9. The second-order valence-electron chi connectivity index (χ2n) is 6.23. The van der Waals surface area contributed by atoms with Gasteiger partial charge in [0.2, 0.25) is 5.91 Å². The molecule has 25 heavy (non-hydrogen) atoms. The molecule has 134 valence electrons. The fraction of sp³-hybridized carbons (Fsp3) is 0.450. The molecule has 0 fully saturated rings. The Labute approximate surface area is 148 Å². The number of aryl methyl sites for hydroxylation is 2. The van der Waals surface area contributed by atoms with E-state index in [0.29, 0.717) is 19.4 Å². The lowest BCUT2D eigenvalue weighted by molar-refractivity contribution is -0.140. The van der Waals surface area contributed by atoms with Crippen LogP contribution in [0.15, 0.2) is 24.3 Å². The average molecular weight is 342 g/mol. The van der Waals surface area contributed by atoms with Gasteiger partial charge in [-0.1, -0.05) is 24.6 Å². The number of hydrogen-bond donors (Lipinski definition) is 1. The van der Waals surface area contributed by atoms with Crippen molar-refractivity contribution in [1.82, 2.24) is 10.3 Å². The summed E-state index contributed by atoms with van der Waals surface area (Å²) in [5.41, 5.74) is 4.00. The smallest absolute Gasteiger partial charge is 0.305 e. The lowest BCUT2D eigenvalue weighted by atomic mass is 9.99. The number of para-hydroxylation sites is 1. The van der Waals surface area contributed by atoms with Crippen LogP contribution in [0.4, 0.5) is 0 Å². The van der Waals surface area contributed by atoms with Gasteiger partial charge in [0.1, 0.15) is 0 Å². The third kappa shape index (κ3) is 5.28. The SMILES string of the molecule is COC(=O)CCCCCNC(=O)Cc1c(C)nc2ccccc2c1C. The van der Waals surface area contributed by atoms with Crippen molar-refractivity contribution in [3.8, 4) is 0 Å². The number of esters is 1. The van der Waals surface area contributed by atoms with Crippen molar-refractivity contribution in [2.24, 2.45) is 0 Å². The zero-order valence-electron chi connectivity index (χ0n) is 15.2. The highest BCUT2D eigenvalue weighted by Gasteiger charge is 2.12. The molecular formula is C20H26N2O3. The first-order valence-corrected chi connectivity index (χ1v) is 8.71. The van der Waals surface area contributed by atoms with Crippen LogP contribution in [0, 0.1) is 13.8 Å². The molecule has 0 spiro atoms. The zero-order valence-corrected chi connectivity index (χ0v) is 15.2. The van der Waals surface area contributed by atoms with Crippen molar-refractivity contribution in [3.63, 3.8) is 0 Å². The van der Waals surface area contributed by atoms with Gasteiger partial charge in [-0.25, -0.2) is 0 Å². The van der Waals surface area contributed by atoms with Gasteiger partial charge in [0.05, 0.1) is 19.0 Å². The van der Waals surface area contributed by atoms with Crippen molar-refractivity contribution in [2.75, 3.05) is 13.7 Å². The van der Waals surface area contributed by atoms with E-state index in [1.807, 2.05) is 38.1 Å². The summed E-state index contributed by atoms with van der Waals surface area (Å²) >= 11 is 0. The maximum Gasteiger partial charge on any atom is 0.305 e. The quantitative estimate of drug-likeness (QED) is 0.591. The van der Waals surface area contributed by atoms with Gasteiger partial charge in [-0.2, -0.15) is 0 Å². The highest BCUT2D eigenvalue weighted by molar-refractivity contribution is 5.86. The van der Waals surface area contributed by atoms with Gasteiger partial charge in [-0.3, -0.25) is 14.6 Å². The Morgan fingerprint density at radius 1 is 1.12 bits per heavy atom. The number of hydrogen-bond acceptors (Lipinski definition) is 4. The number of ether oxygens (including phenoxy) is 1. The number of carbonyl (C=O) groups is 2. The van der Waals surface area contributed by atoms with Crippen molar-refractivity contribution < 1.29 is 14.3 Å². The molecule has 0 bridgehead atoms. The summed E-state index contributed by atoms with van der Waals surface area (Å²) in [6, 6.07) is 8.00. The molecule has 1 N–H and O–H groups in total. The van der Waals surface area contributed by atoms with Crippen LogP contribution in [0.2, 0.25) is 0 Å². The maximum atomic E-state index is 12.2. The zero-order chi connectivity index (χ0) is 18.2. The summed E-state index contributed by atoms with van der Waals surface area (Å²) in [5.74, 6) is -0.171. The summed E-state index contributed by atoms with van der Waals surface area (Å²) in [4.78, 5) is 27.9. The van der Waals surface area contributed by atoms with E-state index in [1.54, 1.807) is 0 Å². The number of pyridine rings is 1. The number of fused-ring (bicyclic) bond motifs is 1. The second kappa shape index (κ2) is 9.16. The second-order valence-corrected chi connectivity index (χ2v) is 6.23. The molecule has 0 unspecified atom stereocenters. The molecule has 0 aliphatic rings. The minimum atomic E-state index is -0.182. The van der Waals surface area contributed by atoms with E-state index in [9.17, 15) is 9.59 Å². The number of unbranched alkanes of at least 4 members (excludes halogenated alkanes) is 2. The lowest BCUT2D eigenvalue weighted by Crippen LogP contribution is -2.26. The highest BCUT2D eigenvalue weighted by Crippen LogP contribution is 2.22. The number of methoxy groups -OCH3 is 1. The highest BCUT2D eigenvalue weighted by atomic mass is 16.5. The van der Waals surface area contributed by atoms with Crippen LogP contribution in [-0.4, -0.2) is 30.5 Å². The Balaban J connectivity index is 1.85. The van der Waals surface area contributed by atoms with Crippen molar-refractivity contribution in [2.45, 2.75) is 46.0 Å². The molecule has 1 aromatic carbocycles. The molecule has 0 atom stereocenters. The van der Waals surface area contributed by atoms with Gasteiger partial charge in [-0.05, 0) is 43.9 Å². The van der Waals surface area contributed by atoms with Gasteiger partial charge in [0.15, 0.2) is 0 Å². The Hall–Kier alpha value is -2.43. The number of rotatable bonds is 8. The van der Waals surface area contributed by atoms with E-state index < -0.39 is 0 Å². The molecule has 0 aliphatic heterocycles. The number of aromatic nitrogens is 1. The first-order valence-electron chi connectivity index (χ1n) is 8.71. The number of amides is 1. The van der Waals surface area contributed by atoms with E-state index in [2.05, 4.69) is 15.0 Å². The maximum absolute atomic E-state index is 12.2. The summed E-state index contributed by atoms with van der Waals surface area (Å²) in [6.45, 7) is 4.63. The standard InChI is InChI=1S/C20H26N2O3/c1-14-16-9-6-7-10-18(16)22-15(2)17(14)13-19(23)21-12-8-4-5-11-20(24)25-3/h6-7,9-10H,4-5,8,11-13H2,1-3H3,(H,21,23). The molecule has 5 nitrogen and oxygen atoms in total. The van der Waals surface area contributed by atoms with Crippen LogP contribution in [0.3, 0.4) is 0 Å². The summed E-state index contributed by atoms with van der Waals surface area (Å²) in [5, 5.41) is 4.05. The molecule has 1 heterocycles. The van der Waals surface area contributed by atoms with Gasteiger partial charge < -0.3 is 10.1 Å². The molecular weight excluding hydrogens is 316 g/mol.